The van der Waals surface area contributed by atoms with Crippen LogP contribution in [-0.4, -0.2) is 42.1 Å². The van der Waals surface area contributed by atoms with Gasteiger partial charge in [-0.05, 0) is 13.8 Å². The van der Waals surface area contributed by atoms with Gasteiger partial charge in [0.1, 0.15) is 11.5 Å². The van der Waals surface area contributed by atoms with E-state index in [-0.39, 0.29) is 11.9 Å². The molecule has 1 rings (SSSR count). The minimum Gasteiger partial charge on any atom is -0.382 e. The minimum absolute atomic E-state index is 0.0790. The Morgan fingerprint density at radius 1 is 1.47 bits per heavy atom. The molecule has 0 aliphatic rings. The number of nitrogens with two attached hydrogens (primary N) is 1. The first-order valence-corrected chi connectivity index (χ1v) is 5.50. The molecule has 0 aliphatic heterocycles. The van der Waals surface area contributed by atoms with Gasteiger partial charge in [-0.1, -0.05) is 0 Å². The highest BCUT2D eigenvalue weighted by molar-refractivity contribution is 5.97. The molecule has 3 N–H and O–H groups in total. The van der Waals surface area contributed by atoms with Gasteiger partial charge in [-0.3, -0.25) is 5.41 Å². The number of hydrogen-bond acceptors (Lipinski definition) is 5. The molecule has 0 amide bonds. The Hall–Kier alpha value is -1.69. The van der Waals surface area contributed by atoms with Gasteiger partial charge in [-0.15, -0.1) is 0 Å². The molecule has 0 atom stereocenters. The van der Waals surface area contributed by atoms with E-state index >= 15 is 0 Å². The van der Waals surface area contributed by atoms with Crippen LogP contribution in [0.25, 0.3) is 0 Å². The largest absolute Gasteiger partial charge is 0.382 e. The molecule has 0 spiro atoms. The fourth-order valence-corrected chi connectivity index (χ4v) is 1.33. The summed E-state index contributed by atoms with van der Waals surface area (Å²) in [5, 5.41) is 7.43. The molecule has 1 heterocycles. The summed E-state index contributed by atoms with van der Waals surface area (Å²) in [6, 6.07) is 0. The minimum atomic E-state index is -0.0790. The van der Waals surface area contributed by atoms with E-state index in [1.165, 1.54) is 6.20 Å². The summed E-state index contributed by atoms with van der Waals surface area (Å²) in [6.45, 7) is 5.26. The van der Waals surface area contributed by atoms with E-state index in [1.807, 2.05) is 25.8 Å². The van der Waals surface area contributed by atoms with Crippen LogP contribution >= 0.6 is 0 Å². The number of nitrogens with one attached hydrogen (secondary N) is 1. The van der Waals surface area contributed by atoms with Crippen molar-refractivity contribution < 1.29 is 4.74 Å². The molecular formula is C11H19N5O. The molecule has 0 radical (unpaired) electrons. The van der Waals surface area contributed by atoms with Gasteiger partial charge in [0.2, 0.25) is 0 Å². The van der Waals surface area contributed by atoms with E-state index in [1.54, 1.807) is 6.20 Å². The lowest BCUT2D eigenvalue weighted by Crippen LogP contribution is -2.28. The molecule has 17 heavy (non-hydrogen) atoms. The third-order valence-electron chi connectivity index (χ3n) is 2.17. The van der Waals surface area contributed by atoms with Crippen LogP contribution < -0.4 is 10.6 Å². The molecule has 1 aromatic heterocycles. The number of ether oxygens (including phenoxy) is 1. The van der Waals surface area contributed by atoms with Gasteiger partial charge in [0.15, 0.2) is 5.82 Å². The van der Waals surface area contributed by atoms with Crippen molar-refractivity contribution in [2.24, 2.45) is 5.73 Å². The van der Waals surface area contributed by atoms with Crippen LogP contribution in [0.1, 0.15) is 19.5 Å². The van der Waals surface area contributed by atoms with Crippen molar-refractivity contribution >= 4 is 11.7 Å². The molecule has 94 valence electrons. The van der Waals surface area contributed by atoms with Gasteiger partial charge in [-0.25, -0.2) is 9.97 Å². The summed E-state index contributed by atoms with van der Waals surface area (Å²) in [5.41, 5.74) is 5.85. The van der Waals surface area contributed by atoms with Gasteiger partial charge >= 0.3 is 0 Å². The van der Waals surface area contributed by atoms with Gasteiger partial charge in [0.05, 0.1) is 12.7 Å². The van der Waals surface area contributed by atoms with Crippen molar-refractivity contribution in [3.63, 3.8) is 0 Å². The number of anilines is 1. The molecule has 0 bridgehead atoms. The van der Waals surface area contributed by atoms with Gasteiger partial charge in [-0.2, -0.15) is 0 Å². The van der Waals surface area contributed by atoms with Crippen LogP contribution in [0.5, 0.6) is 0 Å². The van der Waals surface area contributed by atoms with Crippen LogP contribution in [-0.2, 0) is 4.74 Å². The van der Waals surface area contributed by atoms with Gasteiger partial charge in [0, 0.05) is 26.0 Å². The molecule has 1 aromatic rings. The highest BCUT2D eigenvalue weighted by atomic mass is 16.5. The summed E-state index contributed by atoms with van der Waals surface area (Å²) >= 11 is 0. The zero-order chi connectivity index (χ0) is 12.8. The number of aromatic nitrogens is 2. The SMILES string of the molecule is CC(C)OCCN(C)c1nccnc1C(=N)N. The van der Waals surface area contributed by atoms with Crippen molar-refractivity contribution in [1.82, 2.24) is 9.97 Å². The van der Waals surface area contributed by atoms with Gasteiger partial charge < -0.3 is 15.4 Å². The third-order valence-corrected chi connectivity index (χ3v) is 2.17. The number of likely N-dealkylation sites (N-methyl/N-ethyl adjacent to an activating group) is 1. The van der Waals surface area contributed by atoms with E-state index < -0.39 is 0 Å². The monoisotopic (exact) mass is 237 g/mol. The quantitative estimate of drug-likeness (QED) is 0.559. The number of rotatable bonds is 6. The van der Waals surface area contributed by atoms with E-state index in [4.69, 9.17) is 15.9 Å². The van der Waals surface area contributed by atoms with Crippen molar-refractivity contribution in [2.45, 2.75) is 20.0 Å². The first kappa shape index (κ1) is 13.4. The molecule has 6 nitrogen and oxygen atoms in total. The second-order valence-electron chi connectivity index (χ2n) is 3.98. The Labute approximate surface area is 101 Å². The van der Waals surface area contributed by atoms with Crippen molar-refractivity contribution in [2.75, 3.05) is 25.1 Å². The average molecular weight is 237 g/mol. The molecule has 0 fully saturated rings. The summed E-state index contributed by atoms with van der Waals surface area (Å²) in [4.78, 5) is 10.1. The first-order chi connectivity index (χ1) is 8.02. The van der Waals surface area contributed by atoms with Crippen LogP contribution in [0, 0.1) is 5.41 Å². The number of hydrogen-bond donors (Lipinski definition) is 2. The highest BCUT2D eigenvalue weighted by Crippen LogP contribution is 2.11. The Morgan fingerprint density at radius 2 is 2.12 bits per heavy atom. The third kappa shape index (κ3) is 3.99. The molecule has 6 heteroatoms. The lowest BCUT2D eigenvalue weighted by molar-refractivity contribution is 0.0845. The van der Waals surface area contributed by atoms with E-state index in [9.17, 15) is 0 Å². The maximum Gasteiger partial charge on any atom is 0.158 e. The maximum atomic E-state index is 7.43. The summed E-state index contributed by atoms with van der Waals surface area (Å²) in [5.74, 6) is 0.525. The fourth-order valence-electron chi connectivity index (χ4n) is 1.33. The second-order valence-corrected chi connectivity index (χ2v) is 3.98. The number of amidine groups is 1. The summed E-state index contributed by atoms with van der Waals surface area (Å²) in [7, 11) is 1.88. The number of nitrogen functional groups attached to an aromatic ring is 1. The lowest BCUT2D eigenvalue weighted by Gasteiger charge is -2.20. The predicted molar refractivity (Wildman–Crippen MR) is 67.4 cm³/mol. The Balaban J connectivity index is 2.68. The molecule has 0 saturated carbocycles. The van der Waals surface area contributed by atoms with Crippen LogP contribution in [0.2, 0.25) is 0 Å². The lowest BCUT2D eigenvalue weighted by atomic mass is 10.3. The maximum absolute atomic E-state index is 7.43. The van der Waals surface area contributed by atoms with Gasteiger partial charge in [0.25, 0.3) is 0 Å². The Kier molecular flexibility index (Phi) is 4.84. The van der Waals surface area contributed by atoms with Crippen molar-refractivity contribution in [1.29, 1.82) is 5.41 Å². The first-order valence-electron chi connectivity index (χ1n) is 5.50. The Morgan fingerprint density at radius 3 is 2.71 bits per heavy atom. The van der Waals surface area contributed by atoms with E-state index in [0.29, 0.717) is 24.7 Å². The van der Waals surface area contributed by atoms with E-state index in [0.717, 1.165) is 0 Å². The van der Waals surface area contributed by atoms with Crippen molar-refractivity contribution in [3.05, 3.63) is 18.1 Å². The highest BCUT2D eigenvalue weighted by Gasteiger charge is 2.12. The summed E-state index contributed by atoms with van der Waals surface area (Å²) < 4.78 is 5.46. The Bertz CT molecular complexity index is 380. The normalized spacial score (nSPS) is 10.6. The smallest absolute Gasteiger partial charge is 0.158 e. The summed E-state index contributed by atoms with van der Waals surface area (Å²) in [6.07, 6.45) is 3.32. The zero-order valence-electron chi connectivity index (χ0n) is 10.5. The zero-order valence-corrected chi connectivity index (χ0v) is 10.5. The molecule has 0 aromatic carbocycles. The van der Waals surface area contributed by atoms with Crippen LogP contribution in [0.3, 0.4) is 0 Å². The average Bonchev–Trinajstić information content (AvgIpc) is 2.28. The molecular weight excluding hydrogens is 218 g/mol. The number of nitrogens with zero attached hydrogens (tertiary/aromatic N) is 3. The van der Waals surface area contributed by atoms with E-state index in [2.05, 4.69) is 9.97 Å². The fraction of sp³-hybridized carbons (Fsp3) is 0.545. The van der Waals surface area contributed by atoms with Crippen LogP contribution in [0.4, 0.5) is 5.82 Å². The second kappa shape index (κ2) is 6.15. The van der Waals surface area contributed by atoms with Crippen molar-refractivity contribution in [3.8, 4) is 0 Å². The molecule has 0 aliphatic carbocycles. The topological polar surface area (TPSA) is 88.1 Å². The van der Waals surface area contributed by atoms with Crippen LogP contribution in [0.15, 0.2) is 12.4 Å². The standard InChI is InChI=1S/C11H19N5O/c1-8(2)17-7-6-16(3)11-9(10(12)13)14-4-5-15-11/h4-5,8H,6-7H2,1-3H3,(H3,12,13). The molecule has 0 unspecified atom stereocenters. The predicted octanol–water partition coefficient (Wildman–Crippen LogP) is 0.622. The molecule has 0 saturated heterocycles.